The van der Waals surface area contributed by atoms with Crippen molar-refractivity contribution in [2.75, 3.05) is 0 Å². The molecular formula is C10H21NO. The molecule has 0 aromatic carbocycles. The molecule has 1 fully saturated rings. The van der Waals surface area contributed by atoms with Crippen LogP contribution in [0.1, 0.15) is 46.5 Å². The van der Waals surface area contributed by atoms with Gasteiger partial charge in [0.05, 0.1) is 11.7 Å². The van der Waals surface area contributed by atoms with E-state index in [1.165, 1.54) is 12.8 Å². The minimum absolute atomic E-state index is 0.0420. The molecule has 0 aromatic rings. The Morgan fingerprint density at radius 1 is 1.17 bits per heavy atom. The maximum atomic E-state index is 5.96. The van der Waals surface area contributed by atoms with Crippen LogP contribution >= 0.6 is 0 Å². The second-order valence-electron chi connectivity index (χ2n) is 4.72. The van der Waals surface area contributed by atoms with E-state index in [4.69, 9.17) is 10.5 Å². The Bertz CT molecular complexity index is 139. The quantitative estimate of drug-likeness (QED) is 0.655. The molecule has 0 amide bonds. The third-order valence-corrected chi connectivity index (χ3v) is 2.26. The highest BCUT2D eigenvalue weighted by atomic mass is 16.5. The van der Waals surface area contributed by atoms with Gasteiger partial charge in [0.2, 0.25) is 0 Å². The van der Waals surface area contributed by atoms with E-state index >= 15 is 0 Å². The van der Waals surface area contributed by atoms with Gasteiger partial charge in [0.15, 0.2) is 0 Å². The Morgan fingerprint density at radius 3 is 2.25 bits per heavy atom. The Hall–Kier alpha value is -0.0800. The molecule has 2 unspecified atom stereocenters. The van der Waals surface area contributed by atoms with Gasteiger partial charge >= 0.3 is 0 Å². The van der Waals surface area contributed by atoms with Gasteiger partial charge in [-0.05, 0) is 33.6 Å². The maximum Gasteiger partial charge on any atom is 0.0733 e. The minimum Gasteiger partial charge on any atom is -0.371 e. The van der Waals surface area contributed by atoms with Crippen LogP contribution < -0.4 is 5.73 Å². The molecule has 1 aliphatic carbocycles. The van der Waals surface area contributed by atoms with E-state index in [0.717, 1.165) is 12.8 Å². The van der Waals surface area contributed by atoms with Gasteiger partial charge in [-0.25, -0.2) is 0 Å². The van der Waals surface area contributed by atoms with E-state index in [1.54, 1.807) is 0 Å². The summed E-state index contributed by atoms with van der Waals surface area (Å²) in [6.07, 6.45) is 5.09. The Morgan fingerprint density at radius 2 is 1.75 bits per heavy atom. The lowest BCUT2D eigenvalue weighted by molar-refractivity contribution is -0.0813. The van der Waals surface area contributed by atoms with Gasteiger partial charge in [-0.1, -0.05) is 12.8 Å². The van der Waals surface area contributed by atoms with Crippen molar-refractivity contribution < 1.29 is 4.74 Å². The molecule has 1 aliphatic rings. The maximum absolute atomic E-state index is 5.96. The summed E-state index contributed by atoms with van der Waals surface area (Å²) in [4.78, 5) is 0. The molecule has 0 spiro atoms. The highest BCUT2D eigenvalue weighted by Gasteiger charge is 2.26. The average molecular weight is 171 g/mol. The molecule has 0 bridgehead atoms. The van der Waals surface area contributed by atoms with Crippen molar-refractivity contribution in [1.82, 2.24) is 0 Å². The summed E-state index contributed by atoms with van der Waals surface area (Å²) in [6.45, 7) is 6.27. The largest absolute Gasteiger partial charge is 0.371 e. The second kappa shape index (κ2) is 3.75. The second-order valence-corrected chi connectivity index (χ2v) is 4.72. The lowest BCUT2D eigenvalue weighted by Gasteiger charge is -2.34. The average Bonchev–Trinajstić information content (AvgIpc) is 1.91. The summed E-state index contributed by atoms with van der Waals surface area (Å²) < 4.78 is 5.87. The predicted molar refractivity (Wildman–Crippen MR) is 51.1 cm³/mol. The molecule has 1 rings (SSSR count). The van der Waals surface area contributed by atoms with Crippen LogP contribution in [-0.4, -0.2) is 17.7 Å². The SMILES string of the molecule is CC(C)(C)OC1CCCCC1N. The van der Waals surface area contributed by atoms with Gasteiger partial charge in [0.1, 0.15) is 0 Å². The fraction of sp³-hybridized carbons (Fsp3) is 1.00. The van der Waals surface area contributed by atoms with Crippen molar-refractivity contribution in [2.24, 2.45) is 5.73 Å². The van der Waals surface area contributed by atoms with Gasteiger partial charge in [0, 0.05) is 6.04 Å². The standard InChI is InChI=1S/C10H21NO/c1-10(2,3)12-9-7-5-4-6-8(9)11/h8-9H,4-7,11H2,1-3H3. The smallest absolute Gasteiger partial charge is 0.0733 e. The molecule has 72 valence electrons. The third kappa shape index (κ3) is 3.11. The van der Waals surface area contributed by atoms with Crippen LogP contribution in [0.2, 0.25) is 0 Å². The van der Waals surface area contributed by atoms with Crippen molar-refractivity contribution in [1.29, 1.82) is 0 Å². The summed E-state index contributed by atoms with van der Waals surface area (Å²) in [5.74, 6) is 0. The summed E-state index contributed by atoms with van der Waals surface area (Å²) >= 11 is 0. The molecule has 12 heavy (non-hydrogen) atoms. The zero-order chi connectivity index (χ0) is 9.19. The van der Waals surface area contributed by atoms with Crippen molar-refractivity contribution >= 4 is 0 Å². The lowest BCUT2D eigenvalue weighted by atomic mass is 9.92. The fourth-order valence-corrected chi connectivity index (χ4v) is 1.73. The Kier molecular flexibility index (Phi) is 3.13. The summed E-state index contributed by atoms with van der Waals surface area (Å²) in [7, 11) is 0. The van der Waals surface area contributed by atoms with Crippen LogP contribution in [0.15, 0.2) is 0 Å². The number of hydrogen-bond donors (Lipinski definition) is 1. The van der Waals surface area contributed by atoms with Gasteiger partial charge in [-0.3, -0.25) is 0 Å². The first-order chi connectivity index (χ1) is 5.49. The monoisotopic (exact) mass is 171 g/mol. The molecule has 0 aromatic heterocycles. The van der Waals surface area contributed by atoms with Crippen molar-refractivity contribution in [3.05, 3.63) is 0 Å². The van der Waals surface area contributed by atoms with Crippen LogP contribution in [0.3, 0.4) is 0 Å². The van der Waals surface area contributed by atoms with E-state index < -0.39 is 0 Å². The molecule has 2 atom stereocenters. The van der Waals surface area contributed by atoms with Crippen LogP contribution in [-0.2, 0) is 4.74 Å². The molecule has 0 saturated heterocycles. The Labute approximate surface area is 75.5 Å². The summed E-state index contributed by atoms with van der Waals surface area (Å²) in [5, 5.41) is 0. The number of hydrogen-bond acceptors (Lipinski definition) is 2. The zero-order valence-electron chi connectivity index (χ0n) is 8.47. The van der Waals surface area contributed by atoms with Crippen LogP contribution in [0.4, 0.5) is 0 Å². The molecule has 0 heterocycles. The number of rotatable bonds is 1. The van der Waals surface area contributed by atoms with Crippen molar-refractivity contribution in [3.8, 4) is 0 Å². The zero-order valence-corrected chi connectivity index (χ0v) is 8.47. The van der Waals surface area contributed by atoms with E-state index in [2.05, 4.69) is 20.8 Å². The highest BCUT2D eigenvalue weighted by Crippen LogP contribution is 2.23. The lowest BCUT2D eigenvalue weighted by Crippen LogP contribution is -2.43. The first-order valence-electron chi connectivity index (χ1n) is 4.92. The first-order valence-corrected chi connectivity index (χ1v) is 4.92. The molecule has 2 N–H and O–H groups in total. The van der Waals surface area contributed by atoms with E-state index in [1.807, 2.05) is 0 Å². The fourth-order valence-electron chi connectivity index (χ4n) is 1.73. The predicted octanol–water partition coefficient (Wildman–Crippen LogP) is 2.07. The molecule has 2 heteroatoms. The van der Waals surface area contributed by atoms with E-state index in [0.29, 0.717) is 6.10 Å². The van der Waals surface area contributed by atoms with Crippen LogP contribution in [0.5, 0.6) is 0 Å². The van der Waals surface area contributed by atoms with E-state index in [-0.39, 0.29) is 11.6 Å². The molecule has 0 aliphatic heterocycles. The first kappa shape index (κ1) is 10.0. The van der Waals surface area contributed by atoms with Gasteiger partial charge in [0.25, 0.3) is 0 Å². The van der Waals surface area contributed by atoms with Gasteiger partial charge in [-0.15, -0.1) is 0 Å². The number of ether oxygens (including phenoxy) is 1. The molecule has 1 saturated carbocycles. The van der Waals surface area contributed by atoms with Gasteiger partial charge < -0.3 is 10.5 Å². The summed E-state index contributed by atoms with van der Waals surface area (Å²) in [6, 6.07) is 0.262. The summed E-state index contributed by atoms with van der Waals surface area (Å²) in [5.41, 5.74) is 5.92. The van der Waals surface area contributed by atoms with E-state index in [9.17, 15) is 0 Å². The Balaban J connectivity index is 2.39. The van der Waals surface area contributed by atoms with Crippen molar-refractivity contribution in [3.63, 3.8) is 0 Å². The molecular weight excluding hydrogens is 150 g/mol. The number of nitrogens with two attached hydrogens (primary N) is 1. The molecule has 0 radical (unpaired) electrons. The van der Waals surface area contributed by atoms with Crippen LogP contribution in [0.25, 0.3) is 0 Å². The minimum atomic E-state index is -0.0420. The highest BCUT2D eigenvalue weighted by molar-refractivity contribution is 4.80. The van der Waals surface area contributed by atoms with Gasteiger partial charge in [-0.2, -0.15) is 0 Å². The topological polar surface area (TPSA) is 35.2 Å². The third-order valence-electron chi connectivity index (χ3n) is 2.26. The van der Waals surface area contributed by atoms with Crippen LogP contribution in [0, 0.1) is 0 Å². The van der Waals surface area contributed by atoms with Crippen molar-refractivity contribution in [2.45, 2.75) is 64.2 Å². The molecule has 2 nitrogen and oxygen atoms in total. The normalized spacial score (nSPS) is 32.0.